The summed E-state index contributed by atoms with van der Waals surface area (Å²) in [6, 6.07) is 5.36. The van der Waals surface area contributed by atoms with Crippen molar-refractivity contribution in [2.24, 2.45) is 5.92 Å². The van der Waals surface area contributed by atoms with E-state index in [0.29, 0.717) is 0 Å². The number of carboxylic acids is 1. The molecule has 0 bridgehead atoms. The van der Waals surface area contributed by atoms with Crippen molar-refractivity contribution in [1.82, 2.24) is 4.72 Å². The first-order valence-electron chi connectivity index (χ1n) is 5.62. The predicted octanol–water partition coefficient (Wildman–Crippen LogP) is 0.831. The highest BCUT2D eigenvalue weighted by Crippen LogP contribution is 2.25. The van der Waals surface area contributed by atoms with Crippen LogP contribution in [0.5, 0.6) is 5.75 Å². The summed E-state index contributed by atoms with van der Waals surface area (Å²) in [6.45, 7) is 1.54. The molecule has 0 heterocycles. The van der Waals surface area contributed by atoms with E-state index in [2.05, 4.69) is 4.72 Å². The monoisotopic (exact) mass is 298 g/mol. The summed E-state index contributed by atoms with van der Waals surface area (Å²) in [4.78, 5) is 10.7. The van der Waals surface area contributed by atoms with E-state index < -0.39 is 21.9 Å². The lowest BCUT2D eigenvalue weighted by Gasteiger charge is -2.11. The highest BCUT2D eigenvalue weighted by molar-refractivity contribution is 7.89. The quantitative estimate of drug-likeness (QED) is 0.803. The molecule has 0 aliphatic rings. The Balaban J connectivity index is 3.12. The molecule has 0 spiro atoms. The molecule has 108 valence electrons. The summed E-state index contributed by atoms with van der Waals surface area (Å²) in [5.41, 5.74) is -0.0776. The first-order valence-corrected chi connectivity index (χ1v) is 7.10. The smallest absolute Gasteiger partial charge is 0.335 e. The van der Waals surface area contributed by atoms with Crippen LogP contribution >= 0.6 is 0 Å². The van der Waals surface area contributed by atoms with Crippen LogP contribution in [0.2, 0.25) is 0 Å². The lowest BCUT2D eigenvalue weighted by atomic mass is 10.2. The highest BCUT2D eigenvalue weighted by atomic mass is 32.2. The van der Waals surface area contributed by atoms with Crippen LogP contribution in [-0.2, 0) is 10.0 Å². The number of aromatic carboxylic acids is 1. The van der Waals surface area contributed by atoms with E-state index >= 15 is 0 Å². The lowest BCUT2D eigenvalue weighted by molar-refractivity contribution is 0.0696. The topological polar surface area (TPSA) is 116 Å². The molecule has 0 radical (unpaired) electrons. The second-order valence-corrected chi connectivity index (χ2v) is 5.79. The van der Waals surface area contributed by atoms with Gasteiger partial charge in [-0.2, -0.15) is 5.26 Å². The highest BCUT2D eigenvalue weighted by Gasteiger charge is 2.21. The molecule has 20 heavy (non-hydrogen) atoms. The number of sulfonamides is 1. The maximum absolute atomic E-state index is 12.1. The summed E-state index contributed by atoms with van der Waals surface area (Å²) in [5.74, 6) is -1.73. The van der Waals surface area contributed by atoms with Gasteiger partial charge in [0.1, 0.15) is 10.6 Å². The van der Waals surface area contributed by atoms with E-state index in [4.69, 9.17) is 15.1 Å². The minimum absolute atomic E-state index is 0.0390. The molecule has 2 N–H and O–H groups in total. The number of ether oxygens (including phenoxy) is 1. The number of carbonyl (C=O) groups is 1. The average molecular weight is 298 g/mol. The summed E-state index contributed by atoms with van der Waals surface area (Å²) in [5, 5.41) is 17.5. The van der Waals surface area contributed by atoms with E-state index in [1.807, 2.05) is 6.07 Å². The van der Waals surface area contributed by atoms with E-state index in [1.165, 1.54) is 13.2 Å². The van der Waals surface area contributed by atoms with E-state index in [9.17, 15) is 13.2 Å². The zero-order valence-corrected chi connectivity index (χ0v) is 11.8. The maximum Gasteiger partial charge on any atom is 0.335 e. The van der Waals surface area contributed by atoms with E-state index in [1.54, 1.807) is 6.92 Å². The van der Waals surface area contributed by atoms with Crippen molar-refractivity contribution in [3.8, 4) is 11.8 Å². The molecule has 7 nitrogen and oxygen atoms in total. The number of nitrogens with zero attached hydrogens (tertiary/aromatic N) is 1. The molecular formula is C12H14N2O5S. The van der Waals surface area contributed by atoms with Gasteiger partial charge in [0.05, 0.1) is 24.7 Å². The van der Waals surface area contributed by atoms with Crippen LogP contribution in [0.25, 0.3) is 0 Å². The molecule has 1 rings (SSSR count). The zero-order valence-electron chi connectivity index (χ0n) is 11.0. The molecular weight excluding hydrogens is 284 g/mol. The predicted molar refractivity (Wildman–Crippen MR) is 69.9 cm³/mol. The van der Waals surface area contributed by atoms with Gasteiger partial charge in [-0.3, -0.25) is 0 Å². The van der Waals surface area contributed by atoms with Gasteiger partial charge >= 0.3 is 5.97 Å². The number of carboxylic acid groups (broad SMARTS) is 1. The number of nitrogens with one attached hydrogen (secondary N) is 1. The molecule has 0 amide bonds. The van der Waals surface area contributed by atoms with Crippen molar-refractivity contribution in [3.05, 3.63) is 23.8 Å². The third-order valence-corrected chi connectivity index (χ3v) is 3.96. The van der Waals surface area contributed by atoms with E-state index in [0.717, 1.165) is 12.1 Å². The Kier molecular flexibility index (Phi) is 5.07. The Morgan fingerprint density at radius 1 is 1.55 bits per heavy atom. The summed E-state index contributed by atoms with van der Waals surface area (Å²) < 4.78 is 31.3. The first-order chi connectivity index (χ1) is 9.31. The molecule has 8 heteroatoms. The Morgan fingerprint density at radius 2 is 2.20 bits per heavy atom. The van der Waals surface area contributed by atoms with E-state index in [-0.39, 0.29) is 22.8 Å². The second kappa shape index (κ2) is 6.36. The number of rotatable bonds is 6. The van der Waals surface area contributed by atoms with Crippen LogP contribution in [0.3, 0.4) is 0 Å². The SMILES string of the molecule is COc1cc(C(=O)O)ccc1S(=O)(=O)NCC(C)C#N. The third-order valence-electron chi connectivity index (χ3n) is 2.50. The van der Waals surface area contributed by atoms with Crippen molar-refractivity contribution in [1.29, 1.82) is 5.26 Å². The minimum atomic E-state index is -3.87. The van der Waals surface area contributed by atoms with Gasteiger partial charge in [-0.05, 0) is 25.1 Å². The third kappa shape index (κ3) is 3.69. The van der Waals surface area contributed by atoms with Gasteiger partial charge < -0.3 is 9.84 Å². The molecule has 0 aliphatic carbocycles. The van der Waals surface area contributed by atoms with Crippen LogP contribution in [0, 0.1) is 17.2 Å². The van der Waals surface area contributed by atoms with Gasteiger partial charge in [-0.25, -0.2) is 17.9 Å². The van der Waals surface area contributed by atoms with Gasteiger partial charge in [0.15, 0.2) is 0 Å². The van der Waals surface area contributed by atoms with Crippen molar-refractivity contribution in [2.45, 2.75) is 11.8 Å². The maximum atomic E-state index is 12.1. The fraction of sp³-hybridized carbons (Fsp3) is 0.333. The summed E-state index contributed by atoms with van der Waals surface area (Å²) in [7, 11) is -2.62. The average Bonchev–Trinajstić information content (AvgIpc) is 2.43. The molecule has 0 aromatic heterocycles. The van der Waals surface area contributed by atoms with Crippen LogP contribution in [0.4, 0.5) is 0 Å². The van der Waals surface area contributed by atoms with Gasteiger partial charge in [0.25, 0.3) is 0 Å². The Bertz CT molecular complexity index is 648. The molecule has 1 atom stereocenters. The fourth-order valence-electron chi connectivity index (χ4n) is 1.38. The first kappa shape index (κ1) is 15.9. The Hall–Kier alpha value is -2.11. The second-order valence-electron chi connectivity index (χ2n) is 4.05. The fourth-order valence-corrected chi connectivity index (χ4v) is 2.66. The molecule has 0 fully saturated rings. The minimum Gasteiger partial charge on any atom is -0.495 e. The van der Waals surface area contributed by atoms with Gasteiger partial charge in [0, 0.05) is 6.54 Å². The number of hydrogen-bond donors (Lipinski definition) is 2. The number of hydrogen-bond acceptors (Lipinski definition) is 5. The molecule has 1 unspecified atom stereocenters. The number of methoxy groups -OCH3 is 1. The molecule has 0 aliphatic heterocycles. The van der Waals surface area contributed by atoms with Crippen LogP contribution in [0.1, 0.15) is 17.3 Å². The van der Waals surface area contributed by atoms with Crippen LogP contribution in [-0.4, -0.2) is 33.1 Å². The lowest BCUT2D eigenvalue weighted by Crippen LogP contribution is -2.28. The Morgan fingerprint density at radius 3 is 2.70 bits per heavy atom. The molecule has 1 aromatic rings. The molecule has 0 saturated heterocycles. The molecule has 0 saturated carbocycles. The van der Waals surface area contributed by atoms with Gasteiger partial charge in [0.2, 0.25) is 10.0 Å². The summed E-state index contributed by atoms with van der Waals surface area (Å²) >= 11 is 0. The molecule has 1 aromatic carbocycles. The standard InChI is InChI=1S/C12H14N2O5S/c1-8(6-13)7-14-20(17,18)11-4-3-9(12(15)16)5-10(11)19-2/h3-5,8,14H,7H2,1-2H3,(H,15,16). The zero-order chi connectivity index (χ0) is 15.3. The normalized spacial score (nSPS) is 12.4. The summed E-state index contributed by atoms with van der Waals surface area (Å²) in [6.07, 6.45) is 0. The van der Waals surface area contributed by atoms with Gasteiger partial charge in [-0.15, -0.1) is 0 Å². The number of nitriles is 1. The Labute approximate surface area is 116 Å². The van der Waals surface area contributed by atoms with Crippen LogP contribution in [0.15, 0.2) is 23.1 Å². The van der Waals surface area contributed by atoms with Crippen molar-refractivity contribution in [2.75, 3.05) is 13.7 Å². The van der Waals surface area contributed by atoms with Gasteiger partial charge in [-0.1, -0.05) is 0 Å². The van der Waals surface area contributed by atoms with Crippen molar-refractivity contribution < 1.29 is 23.1 Å². The largest absolute Gasteiger partial charge is 0.495 e. The van der Waals surface area contributed by atoms with Crippen molar-refractivity contribution >= 4 is 16.0 Å². The number of benzene rings is 1. The van der Waals surface area contributed by atoms with Crippen molar-refractivity contribution in [3.63, 3.8) is 0 Å². The van der Waals surface area contributed by atoms with Crippen LogP contribution < -0.4 is 9.46 Å².